The molecule has 0 unspecified atom stereocenters. The summed E-state index contributed by atoms with van der Waals surface area (Å²) in [7, 11) is 1.67. The first-order chi connectivity index (χ1) is 7.63. The molecular weight excluding hydrogens is 206 g/mol. The minimum absolute atomic E-state index is 0.118. The first-order valence-corrected chi connectivity index (χ1v) is 5.47. The van der Waals surface area contributed by atoms with Crippen LogP contribution in [0, 0.1) is 0 Å². The van der Waals surface area contributed by atoms with Crippen LogP contribution in [-0.2, 0) is 4.74 Å². The number of methoxy groups -OCH3 is 1. The first-order valence-electron chi connectivity index (χ1n) is 5.47. The monoisotopic (exact) mass is 225 g/mol. The van der Waals surface area contributed by atoms with Crippen LogP contribution >= 0.6 is 0 Å². The first kappa shape index (κ1) is 12.7. The molecule has 0 aromatic carbocycles. The van der Waals surface area contributed by atoms with Crippen molar-refractivity contribution < 1.29 is 4.74 Å². The Kier molecular flexibility index (Phi) is 4.98. The zero-order chi connectivity index (χ0) is 12.0. The maximum absolute atomic E-state index is 11.3. The number of H-pyrrole nitrogens is 1. The standard InChI is InChI=1S/C11H19N3O2/c1-8(2)9-7-10(15)14-11(13-9)12-5-4-6-16-3/h7-8H,4-6H2,1-3H3,(H2,12,13,14,15). The molecule has 1 aromatic rings. The molecule has 0 aliphatic rings. The summed E-state index contributed by atoms with van der Waals surface area (Å²) in [6, 6.07) is 1.53. The molecule has 0 atom stereocenters. The van der Waals surface area contributed by atoms with Gasteiger partial charge >= 0.3 is 0 Å². The molecule has 0 spiro atoms. The summed E-state index contributed by atoms with van der Waals surface area (Å²) >= 11 is 0. The molecule has 1 aromatic heterocycles. The Morgan fingerprint density at radius 3 is 2.94 bits per heavy atom. The van der Waals surface area contributed by atoms with Crippen LogP contribution in [0.2, 0.25) is 0 Å². The van der Waals surface area contributed by atoms with E-state index in [2.05, 4.69) is 15.3 Å². The highest BCUT2D eigenvalue weighted by Crippen LogP contribution is 2.09. The Hall–Kier alpha value is -1.36. The molecule has 0 amide bonds. The lowest BCUT2D eigenvalue weighted by molar-refractivity contribution is 0.197. The molecule has 0 aliphatic carbocycles. The van der Waals surface area contributed by atoms with Crippen LogP contribution in [0.4, 0.5) is 5.95 Å². The Bertz CT molecular complexity index is 374. The van der Waals surface area contributed by atoms with Crippen molar-refractivity contribution in [1.29, 1.82) is 0 Å². The van der Waals surface area contributed by atoms with Crippen LogP contribution in [0.1, 0.15) is 31.9 Å². The van der Waals surface area contributed by atoms with Gasteiger partial charge in [-0.15, -0.1) is 0 Å². The van der Waals surface area contributed by atoms with Crippen molar-refractivity contribution in [1.82, 2.24) is 9.97 Å². The lowest BCUT2D eigenvalue weighted by Crippen LogP contribution is -2.15. The largest absolute Gasteiger partial charge is 0.385 e. The van der Waals surface area contributed by atoms with Gasteiger partial charge in [-0.1, -0.05) is 13.8 Å². The second kappa shape index (κ2) is 6.27. The van der Waals surface area contributed by atoms with E-state index in [1.807, 2.05) is 13.8 Å². The van der Waals surface area contributed by atoms with E-state index >= 15 is 0 Å². The number of ether oxygens (including phenoxy) is 1. The van der Waals surface area contributed by atoms with Crippen molar-refractivity contribution in [2.45, 2.75) is 26.2 Å². The van der Waals surface area contributed by atoms with Gasteiger partial charge in [0.1, 0.15) is 0 Å². The van der Waals surface area contributed by atoms with E-state index in [0.29, 0.717) is 12.6 Å². The van der Waals surface area contributed by atoms with Crippen molar-refractivity contribution >= 4 is 5.95 Å². The van der Waals surface area contributed by atoms with Crippen LogP contribution in [0.3, 0.4) is 0 Å². The van der Waals surface area contributed by atoms with E-state index in [1.165, 1.54) is 6.07 Å². The number of aromatic amines is 1. The van der Waals surface area contributed by atoms with E-state index in [0.717, 1.165) is 18.7 Å². The minimum Gasteiger partial charge on any atom is -0.385 e. The van der Waals surface area contributed by atoms with Crippen molar-refractivity contribution in [2.75, 3.05) is 25.6 Å². The summed E-state index contributed by atoms with van der Waals surface area (Å²) in [5.41, 5.74) is 0.686. The lowest BCUT2D eigenvalue weighted by Gasteiger charge is -2.08. The normalized spacial score (nSPS) is 10.8. The quantitative estimate of drug-likeness (QED) is 0.717. The highest BCUT2D eigenvalue weighted by molar-refractivity contribution is 5.25. The smallest absolute Gasteiger partial charge is 0.252 e. The van der Waals surface area contributed by atoms with Gasteiger partial charge in [-0.3, -0.25) is 9.78 Å². The van der Waals surface area contributed by atoms with Gasteiger partial charge in [-0.05, 0) is 12.3 Å². The van der Waals surface area contributed by atoms with Crippen LogP contribution in [0.5, 0.6) is 0 Å². The van der Waals surface area contributed by atoms with Gasteiger partial charge < -0.3 is 10.1 Å². The summed E-state index contributed by atoms with van der Waals surface area (Å²) in [6.07, 6.45) is 0.881. The summed E-state index contributed by atoms with van der Waals surface area (Å²) in [6.45, 7) is 5.45. The molecule has 5 heteroatoms. The van der Waals surface area contributed by atoms with E-state index in [-0.39, 0.29) is 11.5 Å². The Labute approximate surface area is 95.3 Å². The number of aromatic nitrogens is 2. The molecule has 2 N–H and O–H groups in total. The number of nitrogens with zero attached hydrogens (tertiary/aromatic N) is 1. The van der Waals surface area contributed by atoms with Crippen LogP contribution < -0.4 is 10.9 Å². The van der Waals surface area contributed by atoms with E-state index in [4.69, 9.17) is 4.74 Å². The Balaban J connectivity index is 2.62. The predicted octanol–water partition coefficient (Wildman–Crippen LogP) is 1.34. The molecule has 0 fully saturated rings. The number of rotatable bonds is 6. The fourth-order valence-electron chi connectivity index (χ4n) is 1.28. The highest BCUT2D eigenvalue weighted by Gasteiger charge is 2.04. The van der Waals surface area contributed by atoms with Crippen LogP contribution in [-0.4, -0.2) is 30.2 Å². The second-order valence-electron chi connectivity index (χ2n) is 3.95. The third kappa shape index (κ3) is 4.02. The third-order valence-electron chi connectivity index (χ3n) is 2.17. The van der Waals surface area contributed by atoms with Crippen molar-refractivity contribution in [3.05, 3.63) is 22.1 Å². The summed E-state index contributed by atoms with van der Waals surface area (Å²) in [5.74, 6) is 0.786. The molecular formula is C11H19N3O2. The summed E-state index contributed by atoms with van der Waals surface area (Å²) in [5, 5.41) is 3.07. The maximum Gasteiger partial charge on any atom is 0.252 e. The fraction of sp³-hybridized carbons (Fsp3) is 0.636. The second-order valence-corrected chi connectivity index (χ2v) is 3.95. The molecule has 5 nitrogen and oxygen atoms in total. The number of nitrogens with one attached hydrogen (secondary N) is 2. The maximum atomic E-state index is 11.3. The average Bonchev–Trinajstić information content (AvgIpc) is 2.23. The Morgan fingerprint density at radius 2 is 2.31 bits per heavy atom. The number of hydrogen-bond acceptors (Lipinski definition) is 4. The van der Waals surface area contributed by atoms with Crippen molar-refractivity contribution in [3.63, 3.8) is 0 Å². The zero-order valence-electron chi connectivity index (χ0n) is 10.0. The minimum atomic E-state index is -0.118. The van der Waals surface area contributed by atoms with E-state index in [9.17, 15) is 4.79 Å². The SMILES string of the molecule is COCCCNc1nc(C(C)C)cc(=O)[nH]1. The molecule has 90 valence electrons. The molecule has 0 saturated heterocycles. The molecule has 1 heterocycles. The van der Waals surface area contributed by atoms with Gasteiger partial charge in [0.05, 0.1) is 5.69 Å². The predicted molar refractivity (Wildman–Crippen MR) is 63.9 cm³/mol. The van der Waals surface area contributed by atoms with Gasteiger partial charge in [0, 0.05) is 26.3 Å². The molecule has 0 radical (unpaired) electrons. The van der Waals surface area contributed by atoms with Crippen LogP contribution in [0.15, 0.2) is 10.9 Å². The average molecular weight is 225 g/mol. The zero-order valence-corrected chi connectivity index (χ0v) is 10.0. The van der Waals surface area contributed by atoms with Gasteiger partial charge in [0.15, 0.2) is 0 Å². The van der Waals surface area contributed by atoms with Gasteiger partial charge in [0.2, 0.25) is 5.95 Å². The molecule has 0 saturated carbocycles. The number of anilines is 1. The fourth-order valence-corrected chi connectivity index (χ4v) is 1.28. The van der Waals surface area contributed by atoms with Crippen LogP contribution in [0.25, 0.3) is 0 Å². The molecule has 1 rings (SSSR count). The van der Waals surface area contributed by atoms with Crippen molar-refractivity contribution in [2.24, 2.45) is 0 Å². The molecule has 0 bridgehead atoms. The van der Waals surface area contributed by atoms with Gasteiger partial charge in [-0.25, -0.2) is 4.98 Å². The van der Waals surface area contributed by atoms with Gasteiger partial charge in [-0.2, -0.15) is 0 Å². The van der Waals surface area contributed by atoms with E-state index < -0.39 is 0 Å². The highest BCUT2D eigenvalue weighted by atomic mass is 16.5. The summed E-state index contributed by atoms with van der Waals surface area (Å²) in [4.78, 5) is 18.3. The third-order valence-corrected chi connectivity index (χ3v) is 2.17. The van der Waals surface area contributed by atoms with Gasteiger partial charge in [0.25, 0.3) is 5.56 Å². The van der Waals surface area contributed by atoms with E-state index in [1.54, 1.807) is 7.11 Å². The molecule has 16 heavy (non-hydrogen) atoms. The lowest BCUT2D eigenvalue weighted by atomic mass is 10.1. The van der Waals surface area contributed by atoms with Crippen molar-refractivity contribution in [3.8, 4) is 0 Å². The number of hydrogen-bond donors (Lipinski definition) is 2. The topological polar surface area (TPSA) is 67.0 Å². The molecule has 0 aliphatic heterocycles. The Morgan fingerprint density at radius 1 is 1.56 bits per heavy atom. The summed E-state index contributed by atoms with van der Waals surface area (Å²) < 4.78 is 4.93.